The second-order valence-corrected chi connectivity index (χ2v) is 4.27. The fraction of sp³-hybridized carbons (Fsp3) is 0.500. The van der Waals surface area contributed by atoms with Crippen LogP contribution in [0.4, 0.5) is 5.69 Å². The number of unbranched alkanes of at least 4 members (excludes halogenated alkanes) is 2. The van der Waals surface area contributed by atoms with Crippen molar-refractivity contribution in [3.05, 3.63) is 27.8 Å². The summed E-state index contributed by atoms with van der Waals surface area (Å²) in [6.45, 7) is 2.07. The molecule has 108 valence electrons. The second-order valence-electron chi connectivity index (χ2n) is 4.27. The zero-order chi connectivity index (χ0) is 13.7. The molecule has 0 bridgehead atoms. The van der Waals surface area contributed by atoms with Crippen molar-refractivity contribution in [2.24, 2.45) is 5.73 Å². The summed E-state index contributed by atoms with van der Waals surface area (Å²) in [6, 6.07) is 2.12. The number of benzene rings is 1. The number of hydrogen-bond acceptors (Lipinski definition) is 5. The van der Waals surface area contributed by atoms with Crippen LogP contribution in [0.25, 0.3) is 0 Å². The van der Waals surface area contributed by atoms with Crippen molar-refractivity contribution in [1.29, 1.82) is 0 Å². The van der Waals surface area contributed by atoms with Crippen LogP contribution in [0.2, 0.25) is 0 Å². The predicted octanol–water partition coefficient (Wildman–Crippen LogP) is 3.01. The summed E-state index contributed by atoms with van der Waals surface area (Å²) in [5, 5.41) is 29.5. The zero-order valence-corrected chi connectivity index (χ0v) is 11.5. The van der Waals surface area contributed by atoms with E-state index in [0.717, 1.165) is 19.3 Å². The molecule has 0 aromatic heterocycles. The number of nitrogens with two attached hydrogens (primary N) is 1. The quantitative estimate of drug-likeness (QED) is 0.323. The van der Waals surface area contributed by atoms with E-state index in [4.69, 9.17) is 5.73 Å². The Morgan fingerprint density at radius 1 is 1.37 bits per heavy atom. The van der Waals surface area contributed by atoms with Gasteiger partial charge in [0.2, 0.25) is 5.75 Å². The normalized spacial score (nSPS) is 11.7. The van der Waals surface area contributed by atoms with Gasteiger partial charge in [0.1, 0.15) is 0 Å². The van der Waals surface area contributed by atoms with Crippen LogP contribution in [0.5, 0.6) is 11.5 Å². The first kappa shape index (κ1) is 17.5. The van der Waals surface area contributed by atoms with Gasteiger partial charge in [0.25, 0.3) is 0 Å². The second kappa shape index (κ2) is 7.81. The minimum atomic E-state index is -0.739. The van der Waals surface area contributed by atoms with Gasteiger partial charge in [-0.1, -0.05) is 26.2 Å². The lowest BCUT2D eigenvalue weighted by Gasteiger charge is -2.12. The van der Waals surface area contributed by atoms with Gasteiger partial charge < -0.3 is 15.9 Å². The van der Waals surface area contributed by atoms with Gasteiger partial charge in [-0.25, -0.2) is 0 Å². The van der Waals surface area contributed by atoms with E-state index in [-0.39, 0.29) is 18.4 Å². The maximum atomic E-state index is 10.7. The van der Waals surface area contributed by atoms with Gasteiger partial charge in [-0.3, -0.25) is 10.1 Å². The zero-order valence-electron chi connectivity index (χ0n) is 10.7. The van der Waals surface area contributed by atoms with E-state index in [1.165, 1.54) is 12.1 Å². The Balaban J connectivity index is 0.00000324. The van der Waals surface area contributed by atoms with Gasteiger partial charge in [0.05, 0.1) is 4.92 Å². The Hall–Kier alpha value is -1.53. The Kier molecular flexibility index (Phi) is 7.18. The molecule has 1 rings (SSSR count). The number of hydrogen-bond donors (Lipinski definition) is 3. The summed E-state index contributed by atoms with van der Waals surface area (Å²) in [4.78, 5) is 9.96. The third-order valence-corrected chi connectivity index (χ3v) is 2.84. The van der Waals surface area contributed by atoms with Crippen LogP contribution in [0.15, 0.2) is 12.1 Å². The number of nitro benzene ring substituents is 1. The minimum Gasteiger partial charge on any atom is -0.504 e. The van der Waals surface area contributed by atoms with E-state index in [2.05, 4.69) is 6.92 Å². The largest absolute Gasteiger partial charge is 0.504 e. The third kappa shape index (κ3) is 4.57. The molecule has 0 aliphatic rings. The maximum absolute atomic E-state index is 10.7. The SMILES string of the molecule is CCCCC[C@@H](N)c1cc(O)c(O)c([N+](=O)[O-])c1.Cl. The van der Waals surface area contributed by atoms with Gasteiger partial charge in [-0.2, -0.15) is 0 Å². The van der Waals surface area contributed by atoms with Gasteiger partial charge in [0, 0.05) is 12.1 Å². The maximum Gasteiger partial charge on any atom is 0.314 e. The minimum absolute atomic E-state index is 0. The van der Waals surface area contributed by atoms with Crippen LogP contribution in [0.3, 0.4) is 0 Å². The number of nitro groups is 1. The number of phenolic OH excluding ortho intramolecular Hbond substituents is 2. The molecule has 1 aromatic carbocycles. The molecular formula is C12H19ClN2O4. The fourth-order valence-electron chi connectivity index (χ4n) is 1.76. The summed E-state index contributed by atoms with van der Waals surface area (Å²) < 4.78 is 0. The fourth-order valence-corrected chi connectivity index (χ4v) is 1.76. The molecule has 0 aliphatic carbocycles. The molecule has 0 saturated carbocycles. The summed E-state index contributed by atoms with van der Waals surface area (Å²) in [5.41, 5.74) is 5.86. The summed E-state index contributed by atoms with van der Waals surface area (Å²) >= 11 is 0. The summed E-state index contributed by atoms with van der Waals surface area (Å²) in [7, 11) is 0. The van der Waals surface area contributed by atoms with Crippen LogP contribution in [0, 0.1) is 10.1 Å². The highest BCUT2D eigenvalue weighted by Crippen LogP contribution is 2.37. The Morgan fingerprint density at radius 2 is 2.00 bits per heavy atom. The number of aromatic hydroxyl groups is 2. The average Bonchev–Trinajstić information content (AvgIpc) is 2.32. The van der Waals surface area contributed by atoms with E-state index in [1.807, 2.05) is 0 Å². The van der Waals surface area contributed by atoms with Gasteiger partial charge in [0.15, 0.2) is 5.75 Å². The third-order valence-electron chi connectivity index (χ3n) is 2.84. The first-order valence-corrected chi connectivity index (χ1v) is 5.93. The van der Waals surface area contributed by atoms with Crippen molar-refractivity contribution in [1.82, 2.24) is 0 Å². The molecule has 0 unspecified atom stereocenters. The van der Waals surface area contributed by atoms with Crippen molar-refractivity contribution in [2.45, 2.75) is 38.6 Å². The molecule has 1 atom stereocenters. The Morgan fingerprint density at radius 3 is 2.53 bits per heavy atom. The Labute approximate surface area is 117 Å². The van der Waals surface area contributed by atoms with Crippen molar-refractivity contribution in [3.8, 4) is 11.5 Å². The highest BCUT2D eigenvalue weighted by Gasteiger charge is 2.20. The Bertz CT molecular complexity index is 440. The highest BCUT2D eigenvalue weighted by molar-refractivity contribution is 5.85. The molecule has 0 heterocycles. The van der Waals surface area contributed by atoms with Gasteiger partial charge in [-0.15, -0.1) is 12.4 Å². The van der Waals surface area contributed by atoms with Gasteiger partial charge >= 0.3 is 5.69 Å². The van der Waals surface area contributed by atoms with Crippen LogP contribution >= 0.6 is 12.4 Å². The number of nitrogens with zero attached hydrogens (tertiary/aromatic N) is 1. The predicted molar refractivity (Wildman–Crippen MR) is 74.7 cm³/mol. The molecular weight excluding hydrogens is 272 g/mol. The number of rotatable bonds is 6. The van der Waals surface area contributed by atoms with Crippen LogP contribution in [-0.4, -0.2) is 15.1 Å². The topological polar surface area (TPSA) is 110 Å². The van der Waals surface area contributed by atoms with Crippen LogP contribution < -0.4 is 5.73 Å². The van der Waals surface area contributed by atoms with E-state index >= 15 is 0 Å². The summed E-state index contributed by atoms with van der Waals surface area (Å²) in [6.07, 6.45) is 3.72. The van der Waals surface area contributed by atoms with E-state index in [1.54, 1.807) is 0 Å². The molecule has 1 aromatic rings. The molecule has 19 heavy (non-hydrogen) atoms. The van der Waals surface area contributed by atoms with Gasteiger partial charge in [-0.05, 0) is 18.1 Å². The van der Waals surface area contributed by atoms with Crippen LogP contribution in [-0.2, 0) is 0 Å². The molecule has 0 radical (unpaired) electrons. The van der Waals surface area contributed by atoms with Crippen molar-refractivity contribution < 1.29 is 15.1 Å². The molecule has 0 spiro atoms. The van der Waals surface area contributed by atoms with E-state index in [0.29, 0.717) is 12.0 Å². The molecule has 6 nitrogen and oxygen atoms in total. The number of halogens is 1. The van der Waals surface area contributed by atoms with Crippen molar-refractivity contribution in [3.63, 3.8) is 0 Å². The van der Waals surface area contributed by atoms with Crippen molar-refractivity contribution in [2.75, 3.05) is 0 Å². The average molecular weight is 291 g/mol. The summed E-state index contributed by atoms with van der Waals surface area (Å²) in [5.74, 6) is -1.23. The lowest BCUT2D eigenvalue weighted by Crippen LogP contribution is -2.10. The molecule has 0 aliphatic heterocycles. The molecule has 7 heteroatoms. The lowest BCUT2D eigenvalue weighted by atomic mass is 10.00. The van der Waals surface area contributed by atoms with E-state index < -0.39 is 22.1 Å². The first-order valence-electron chi connectivity index (χ1n) is 5.93. The highest BCUT2D eigenvalue weighted by atomic mass is 35.5. The molecule has 0 saturated heterocycles. The smallest absolute Gasteiger partial charge is 0.314 e. The van der Waals surface area contributed by atoms with Crippen LogP contribution in [0.1, 0.15) is 44.2 Å². The van der Waals surface area contributed by atoms with E-state index in [9.17, 15) is 20.3 Å². The monoisotopic (exact) mass is 290 g/mol. The molecule has 0 amide bonds. The first-order chi connectivity index (χ1) is 8.47. The lowest BCUT2D eigenvalue weighted by molar-refractivity contribution is -0.386. The molecule has 4 N–H and O–H groups in total. The standard InChI is InChI=1S/C12H18N2O4.ClH/c1-2-3-4-5-9(13)8-6-10(14(17)18)12(16)11(15)7-8;/h6-7,9,15-16H,2-5,13H2,1H3;1H/t9-;/m1./s1. The number of phenols is 2. The van der Waals surface area contributed by atoms with Crippen molar-refractivity contribution >= 4 is 18.1 Å². The molecule has 0 fully saturated rings.